The molecule has 226 valence electrons. The highest BCUT2D eigenvalue weighted by Gasteiger charge is 2.50. The van der Waals surface area contributed by atoms with Gasteiger partial charge in [-0.25, -0.2) is 0 Å². The summed E-state index contributed by atoms with van der Waals surface area (Å²) >= 11 is 3.25. The number of carbonyl (C=O) groups is 3. The lowest BCUT2D eigenvalue weighted by atomic mass is 9.96. The van der Waals surface area contributed by atoms with Crippen LogP contribution in [-0.2, 0) is 16.0 Å². The molecule has 43 heavy (non-hydrogen) atoms. The van der Waals surface area contributed by atoms with E-state index >= 15 is 0 Å². The molecule has 8 nitrogen and oxygen atoms in total. The third-order valence-electron chi connectivity index (χ3n) is 8.15. The van der Waals surface area contributed by atoms with Crippen LogP contribution in [0.15, 0.2) is 77.7 Å². The number of aliphatic hydroxyl groups excluding tert-OH is 1. The Bertz CT molecular complexity index is 1500. The van der Waals surface area contributed by atoms with Crippen molar-refractivity contribution in [2.45, 2.75) is 67.5 Å². The van der Waals surface area contributed by atoms with Gasteiger partial charge in [0.2, 0.25) is 5.91 Å². The minimum atomic E-state index is -1.61. The number of hydrogen-bond donors (Lipinski definition) is 4. The first-order chi connectivity index (χ1) is 20.6. The highest BCUT2D eigenvalue weighted by Crippen LogP contribution is 2.41. The fraction of sp³-hybridized carbons (Fsp3) is 0.364. The van der Waals surface area contributed by atoms with Crippen LogP contribution >= 0.6 is 23.5 Å². The van der Waals surface area contributed by atoms with Gasteiger partial charge in [-0.2, -0.15) is 0 Å². The summed E-state index contributed by atoms with van der Waals surface area (Å²) in [4.78, 5) is 43.8. The smallest absolute Gasteiger partial charge is 0.254 e. The monoisotopic (exact) mass is 619 g/mol. The van der Waals surface area contributed by atoms with Crippen molar-refractivity contribution in [3.8, 4) is 5.75 Å². The number of thioether (sulfide) groups is 2. The van der Waals surface area contributed by atoms with Gasteiger partial charge in [0.05, 0.1) is 18.0 Å². The summed E-state index contributed by atoms with van der Waals surface area (Å²) in [5.41, 5.74) is 2.54. The third kappa shape index (κ3) is 6.71. The Kier molecular flexibility index (Phi) is 9.39. The van der Waals surface area contributed by atoms with E-state index in [4.69, 9.17) is 0 Å². The highest BCUT2D eigenvalue weighted by molar-refractivity contribution is 8.01. The van der Waals surface area contributed by atoms with E-state index in [9.17, 15) is 24.6 Å². The van der Waals surface area contributed by atoms with Crippen molar-refractivity contribution in [3.05, 3.63) is 95.1 Å². The van der Waals surface area contributed by atoms with Gasteiger partial charge in [0.1, 0.15) is 11.8 Å². The number of amides is 3. The van der Waals surface area contributed by atoms with Crippen molar-refractivity contribution in [1.29, 1.82) is 0 Å². The zero-order chi connectivity index (χ0) is 30.7. The summed E-state index contributed by atoms with van der Waals surface area (Å²) in [6.07, 6.45) is -0.641. The maximum absolute atomic E-state index is 14.0. The molecule has 1 saturated heterocycles. The molecule has 0 spiro atoms. The first-order valence-corrected chi connectivity index (χ1v) is 16.3. The van der Waals surface area contributed by atoms with Gasteiger partial charge in [0.25, 0.3) is 11.8 Å². The maximum Gasteiger partial charge on any atom is 0.254 e. The van der Waals surface area contributed by atoms with Gasteiger partial charge < -0.3 is 25.7 Å². The molecule has 2 heterocycles. The van der Waals surface area contributed by atoms with Crippen molar-refractivity contribution in [2.75, 3.05) is 11.6 Å². The average molecular weight is 620 g/mol. The Hall–Kier alpha value is -3.47. The quantitative estimate of drug-likeness (QED) is 0.295. The van der Waals surface area contributed by atoms with E-state index in [2.05, 4.69) is 16.7 Å². The summed E-state index contributed by atoms with van der Waals surface area (Å²) < 4.78 is -0.598. The van der Waals surface area contributed by atoms with Crippen molar-refractivity contribution in [1.82, 2.24) is 15.5 Å². The number of rotatable bonds is 8. The van der Waals surface area contributed by atoms with Crippen LogP contribution in [0.25, 0.3) is 0 Å². The normalized spacial score (nSPS) is 20.5. The second-order valence-corrected chi connectivity index (χ2v) is 14.2. The summed E-state index contributed by atoms with van der Waals surface area (Å²) in [6, 6.07) is 20.0. The largest absolute Gasteiger partial charge is 0.508 e. The zero-order valence-electron chi connectivity index (χ0n) is 24.4. The summed E-state index contributed by atoms with van der Waals surface area (Å²) in [7, 11) is 0. The van der Waals surface area contributed by atoms with Crippen molar-refractivity contribution in [3.63, 3.8) is 0 Å². The van der Waals surface area contributed by atoms with E-state index in [1.807, 2.05) is 62.4 Å². The number of benzene rings is 3. The Labute approximate surface area is 260 Å². The molecule has 3 amide bonds. The van der Waals surface area contributed by atoms with E-state index in [1.54, 1.807) is 30.8 Å². The van der Waals surface area contributed by atoms with Crippen LogP contribution in [0.1, 0.15) is 53.4 Å². The fourth-order valence-corrected chi connectivity index (χ4v) is 7.99. The number of aromatic hydroxyl groups is 1. The number of fused-ring (bicyclic) bond motifs is 1. The number of hydrogen-bond acceptors (Lipinski definition) is 7. The van der Waals surface area contributed by atoms with Gasteiger partial charge in [-0.1, -0.05) is 54.6 Å². The Morgan fingerprint density at radius 1 is 1.02 bits per heavy atom. The predicted octanol–water partition coefficient (Wildman–Crippen LogP) is 4.44. The molecule has 0 aromatic heterocycles. The van der Waals surface area contributed by atoms with Crippen LogP contribution < -0.4 is 10.6 Å². The summed E-state index contributed by atoms with van der Waals surface area (Å²) in [6.45, 7) is 5.49. The fourth-order valence-electron chi connectivity index (χ4n) is 5.72. The van der Waals surface area contributed by atoms with Gasteiger partial charge in [-0.3, -0.25) is 14.4 Å². The van der Waals surface area contributed by atoms with Crippen molar-refractivity contribution in [2.24, 2.45) is 0 Å². The van der Waals surface area contributed by atoms with E-state index in [-0.39, 0.29) is 35.6 Å². The van der Waals surface area contributed by atoms with Gasteiger partial charge in [-0.15, -0.1) is 23.5 Å². The number of nitrogens with zero attached hydrogens (tertiary/aromatic N) is 1. The van der Waals surface area contributed by atoms with Crippen molar-refractivity contribution >= 4 is 41.2 Å². The van der Waals surface area contributed by atoms with E-state index in [1.165, 1.54) is 22.7 Å². The molecule has 0 unspecified atom stereocenters. The number of carbonyl (C=O) groups excluding carboxylic acids is 3. The van der Waals surface area contributed by atoms with Crippen LogP contribution in [0.2, 0.25) is 0 Å². The predicted molar refractivity (Wildman–Crippen MR) is 170 cm³/mol. The molecule has 0 radical (unpaired) electrons. The van der Waals surface area contributed by atoms with Crippen molar-refractivity contribution < 1.29 is 24.6 Å². The molecule has 0 aliphatic carbocycles. The van der Waals surface area contributed by atoms with E-state index in [0.717, 1.165) is 28.2 Å². The first kappa shape index (κ1) is 31.0. The van der Waals surface area contributed by atoms with E-state index < -0.39 is 34.7 Å². The number of phenolic OH excluding ortho intramolecular Hbond substituents is 1. The second-order valence-electron chi connectivity index (χ2n) is 11.5. The second kappa shape index (κ2) is 13.0. The van der Waals surface area contributed by atoms with Crippen LogP contribution in [0, 0.1) is 6.92 Å². The molecule has 3 aromatic rings. The zero-order valence-corrected chi connectivity index (χ0v) is 26.1. The minimum absolute atomic E-state index is 0.0201. The Morgan fingerprint density at radius 3 is 2.51 bits per heavy atom. The van der Waals surface area contributed by atoms with Gasteiger partial charge >= 0.3 is 0 Å². The van der Waals surface area contributed by atoms with Gasteiger partial charge in [0, 0.05) is 26.5 Å². The molecule has 3 aromatic carbocycles. The van der Waals surface area contributed by atoms with Crippen LogP contribution in [0.4, 0.5) is 0 Å². The minimum Gasteiger partial charge on any atom is -0.508 e. The molecule has 2 aliphatic heterocycles. The number of aliphatic hydroxyl groups is 1. The standard InChI is InChI=1S/C33H37N3O5S2/c1-20-22(13-9-14-26(20)37)30(39)35-25(18-21-10-5-4-6-11-21)28(38)32(41)36-19-43-33(2,3)29(36)31(40)34-24-16-17-42-27-15-8-7-12-23(24)27/h4-15,24-25,28-29,37-38H,16-19H2,1-3H3,(H,34,40)(H,35,39)/t24-,25+,28+,29+/m1/s1. The molecule has 4 N–H and O–H groups in total. The number of nitrogens with one attached hydrogen (secondary N) is 2. The molecule has 4 atom stereocenters. The van der Waals surface area contributed by atoms with E-state index in [0.29, 0.717) is 5.56 Å². The molecule has 10 heteroatoms. The van der Waals surface area contributed by atoms with Crippen LogP contribution in [0.3, 0.4) is 0 Å². The Morgan fingerprint density at radius 2 is 1.74 bits per heavy atom. The molecule has 5 rings (SSSR count). The van der Waals surface area contributed by atoms with Crippen LogP contribution in [0.5, 0.6) is 5.75 Å². The lowest BCUT2D eigenvalue weighted by Gasteiger charge is -2.35. The summed E-state index contributed by atoms with van der Waals surface area (Å²) in [5.74, 6) is -0.303. The molecule has 0 saturated carbocycles. The Balaban J connectivity index is 1.38. The molecular formula is C33H37N3O5S2. The number of phenols is 1. The lowest BCUT2D eigenvalue weighted by Crippen LogP contribution is -2.59. The SMILES string of the molecule is Cc1c(O)cccc1C(=O)N[C@@H](Cc1ccccc1)[C@H](O)C(=O)N1CSC(C)(C)[C@@H]1C(=O)N[C@@H]1CCSc2ccccc21. The topological polar surface area (TPSA) is 119 Å². The molecule has 2 aliphatic rings. The molecule has 1 fully saturated rings. The molecular weight excluding hydrogens is 583 g/mol. The van der Waals surface area contributed by atoms with Crippen LogP contribution in [-0.4, -0.2) is 67.4 Å². The third-order valence-corrected chi connectivity index (χ3v) is 10.6. The molecule has 0 bridgehead atoms. The van der Waals surface area contributed by atoms with Gasteiger partial charge in [-0.05, 0) is 62.9 Å². The summed E-state index contributed by atoms with van der Waals surface area (Å²) in [5, 5.41) is 27.7. The lowest BCUT2D eigenvalue weighted by molar-refractivity contribution is -0.147. The first-order valence-electron chi connectivity index (χ1n) is 14.3. The maximum atomic E-state index is 14.0. The highest BCUT2D eigenvalue weighted by atomic mass is 32.2. The average Bonchev–Trinajstić information content (AvgIpc) is 3.32. The van der Waals surface area contributed by atoms with Gasteiger partial charge in [0.15, 0.2) is 6.10 Å².